The second kappa shape index (κ2) is 9.09. The summed E-state index contributed by atoms with van der Waals surface area (Å²) in [6, 6.07) is 8.94. The molecule has 0 unspecified atom stereocenters. The van der Waals surface area contributed by atoms with Gasteiger partial charge in [-0.25, -0.2) is 4.79 Å². The number of primary amides is 1. The monoisotopic (exact) mass is 416 g/mol. The van der Waals surface area contributed by atoms with E-state index >= 15 is 0 Å². The summed E-state index contributed by atoms with van der Waals surface area (Å²) in [5.41, 5.74) is 6.80. The first kappa shape index (κ1) is 20.9. The van der Waals surface area contributed by atoms with E-state index in [1.54, 1.807) is 31.2 Å². The second-order valence-corrected chi connectivity index (χ2v) is 7.93. The molecule has 8 heteroatoms. The SMILES string of the molecule is CC[C@H](Oc1ccccc1)C(=O)O[C@@H](C)C(=O)Nc1sc2c(c1C(N)=O)CCC2. The molecule has 2 aromatic rings. The van der Waals surface area contributed by atoms with Gasteiger partial charge in [0.25, 0.3) is 11.8 Å². The Morgan fingerprint density at radius 1 is 1.21 bits per heavy atom. The lowest BCUT2D eigenvalue weighted by molar-refractivity contribution is -0.160. The molecule has 0 saturated carbocycles. The van der Waals surface area contributed by atoms with E-state index in [-0.39, 0.29) is 0 Å². The Labute approximate surface area is 173 Å². The van der Waals surface area contributed by atoms with E-state index in [0.717, 1.165) is 29.7 Å². The molecule has 1 aliphatic rings. The average molecular weight is 416 g/mol. The highest BCUT2D eigenvalue weighted by Gasteiger charge is 2.29. The molecule has 7 nitrogen and oxygen atoms in total. The highest BCUT2D eigenvalue weighted by Crippen LogP contribution is 2.38. The number of hydrogen-bond acceptors (Lipinski definition) is 6. The van der Waals surface area contributed by atoms with Crippen molar-refractivity contribution in [1.29, 1.82) is 0 Å². The van der Waals surface area contributed by atoms with E-state index in [0.29, 0.717) is 22.7 Å². The maximum atomic E-state index is 12.5. The molecule has 2 amide bonds. The van der Waals surface area contributed by atoms with Crippen molar-refractivity contribution in [3.8, 4) is 5.75 Å². The molecule has 3 rings (SSSR count). The van der Waals surface area contributed by atoms with Crippen molar-refractivity contribution in [2.24, 2.45) is 5.73 Å². The molecule has 1 aliphatic carbocycles. The number of aryl methyl sites for hydroxylation is 1. The summed E-state index contributed by atoms with van der Waals surface area (Å²) < 4.78 is 11.0. The third-order valence-electron chi connectivity index (χ3n) is 4.72. The molecular formula is C21H24N2O5S. The number of amides is 2. The van der Waals surface area contributed by atoms with Gasteiger partial charge in [0.1, 0.15) is 10.8 Å². The van der Waals surface area contributed by atoms with E-state index < -0.39 is 30.0 Å². The summed E-state index contributed by atoms with van der Waals surface area (Å²) in [7, 11) is 0. The van der Waals surface area contributed by atoms with E-state index in [1.807, 2.05) is 6.07 Å². The number of nitrogens with one attached hydrogen (secondary N) is 1. The van der Waals surface area contributed by atoms with Gasteiger partial charge in [0, 0.05) is 4.88 Å². The fourth-order valence-electron chi connectivity index (χ4n) is 3.23. The number of rotatable bonds is 8. The van der Waals surface area contributed by atoms with Crippen LogP contribution in [0.5, 0.6) is 5.75 Å². The van der Waals surface area contributed by atoms with Gasteiger partial charge in [0.05, 0.1) is 5.56 Å². The van der Waals surface area contributed by atoms with Crippen LogP contribution in [-0.2, 0) is 27.2 Å². The number of carbonyl (C=O) groups is 3. The highest BCUT2D eigenvalue weighted by atomic mass is 32.1. The van der Waals surface area contributed by atoms with Crippen molar-refractivity contribution in [3.63, 3.8) is 0 Å². The third-order valence-corrected chi connectivity index (χ3v) is 5.93. The Balaban J connectivity index is 1.63. The van der Waals surface area contributed by atoms with Crippen LogP contribution >= 0.6 is 11.3 Å². The van der Waals surface area contributed by atoms with Crippen molar-refractivity contribution >= 4 is 34.1 Å². The van der Waals surface area contributed by atoms with Crippen LogP contribution in [0.3, 0.4) is 0 Å². The molecule has 0 radical (unpaired) electrons. The summed E-state index contributed by atoms with van der Waals surface area (Å²) in [5.74, 6) is -1.16. The van der Waals surface area contributed by atoms with Crippen LogP contribution in [0.25, 0.3) is 0 Å². The maximum absolute atomic E-state index is 12.5. The molecule has 1 heterocycles. The summed E-state index contributed by atoms with van der Waals surface area (Å²) in [5, 5.41) is 3.11. The molecule has 1 aromatic carbocycles. The number of para-hydroxylation sites is 1. The minimum Gasteiger partial charge on any atom is -0.479 e. The quantitative estimate of drug-likeness (QED) is 0.643. The number of thiophene rings is 1. The van der Waals surface area contributed by atoms with E-state index in [2.05, 4.69) is 5.32 Å². The Bertz CT molecular complexity index is 909. The van der Waals surface area contributed by atoms with Crippen molar-refractivity contribution in [2.75, 3.05) is 5.32 Å². The van der Waals surface area contributed by atoms with Gasteiger partial charge in [-0.05, 0) is 50.3 Å². The van der Waals surface area contributed by atoms with Gasteiger partial charge in [-0.15, -0.1) is 11.3 Å². The molecule has 29 heavy (non-hydrogen) atoms. The molecule has 1 aromatic heterocycles. The van der Waals surface area contributed by atoms with Crippen LogP contribution in [0.2, 0.25) is 0 Å². The zero-order valence-corrected chi connectivity index (χ0v) is 17.2. The van der Waals surface area contributed by atoms with E-state index in [1.165, 1.54) is 18.3 Å². The van der Waals surface area contributed by atoms with Crippen molar-refractivity contribution in [2.45, 2.75) is 51.7 Å². The molecule has 0 spiro atoms. The minimum atomic E-state index is -1.05. The lowest BCUT2D eigenvalue weighted by Crippen LogP contribution is -2.36. The Kier molecular flexibility index (Phi) is 6.53. The molecular weight excluding hydrogens is 392 g/mol. The van der Waals surface area contributed by atoms with Gasteiger partial charge in [-0.3, -0.25) is 9.59 Å². The molecule has 0 saturated heterocycles. The fourth-order valence-corrected chi connectivity index (χ4v) is 4.53. The van der Waals surface area contributed by atoms with Crippen LogP contribution in [0, 0.1) is 0 Å². The molecule has 154 valence electrons. The van der Waals surface area contributed by atoms with Crippen LogP contribution < -0.4 is 15.8 Å². The van der Waals surface area contributed by atoms with Crippen molar-refractivity contribution in [1.82, 2.24) is 0 Å². The van der Waals surface area contributed by atoms with Gasteiger partial charge >= 0.3 is 5.97 Å². The van der Waals surface area contributed by atoms with Gasteiger partial charge in [0.15, 0.2) is 12.2 Å². The van der Waals surface area contributed by atoms with Crippen LogP contribution in [-0.4, -0.2) is 30.0 Å². The summed E-state index contributed by atoms with van der Waals surface area (Å²) in [6.07, 6.45) is 1.15. The molecule has 0 aliphatic heterocycles. The fraction of sp³-hybridized carbons (Fsp3) is 0.381. The summed E-state index contributed by atoms with van der Waals surface area (Å²) >= 11 is 1.36. The van der Waals surface area contributed by atoms with Gasteiger partial charge < -0.3 is 20.5 Å². The smallest absolute Gasteiger partial charge is 0.348 e. The number of anilines is 1. The number of nitrogens with two attached hydrogens (primary N) is 1. The minimum absolute atomic E-state index is 0.369. The first-order valence-corrected chi connectivity index (χ1v) is 10.4. The first-order chi connectivity index (χ1) is 13.9. The van der Waals surface area contributed by atoms with Gasteiger partial charge in [-0.2, -0.15) is 0 Å². The van der Waals surface area contributed by atoms with Gasteiger partial charge in [0.2, 0.25) is 0 Å². The first-order valence-electron chi connectivity index (χ1n) is 9.58. The predicted molar refractivity (Wildman–Crippen MR) is 110 cm³/mol. The summed E-state index contributed by atoms with van der Waals surface area (Å²) in [6.45, 7) is 3.28. The lowest BCUT2D eigenvalue weighted by Gasteiger charge is -2.19. The largest absolute Gasteiger partial charge is 0.479 e. The standard InChI is InChI=1S/C21H24N2O5S/c1-3-15(28-13-8-5-4-6-9-13)21(26)27-12(2)19(25)23-20-17(18(22)24)14-10-7-11-16(14)29-20/h4-6,8-9,12,15H,3,7,10-11H2,1-2H3,(H2,22,24)(H,23,25)/t12-,15-/m0/s1. The van der Waals surface area contributed by atoms with E-state index in [9.17, 15) is 14.4 Å². The molecule has 2 atom stereocenters. The lowest BCUT2D eigenvalue weighted by atomic mass is 10.1. The third kappa shape index (κ3) is 4.76. The van der Waals surface area contributed by atoms with Crippen LogP contribution in [0.4, 0.5) is 5.00 Å². The number of hydrogen-bond donors (Lipinski definition) is 2. The predicted octanol–water partition coefficient (Wildman–Crippen LogP) is 3.06. The number of fused-ring (bicyclic) bond motifs is 1. The molecule has 0 bridgehead atoms. The number of carbonyl (C=O) groups excluding carboxylic acids is 3. The topological polar surface area (TPSA) is 108 Å². The van der Waals surface area contributed by atoms with Gasteiger partial charge in [-0.1, -0.05) is 25.1 Å². The normalized spacial score (nSPS) is 14.6. The zero-order valence-electron chi connectivity index (χ0n) is 16.4. The molecule has 3 N–H and O–H groups in total. The zero-order chi connectivity index (χ0) is 21.0. The van der Waals surface area contributed by atoms with Crippen molar-refractivity contribution in [3.05, 3.63) is 46.3 Å². The van der Waals surface area contributed by atoms with Crippen LogP contribution in [0.1, 0.15) is 47.5 Å². The Morgan fingerprint density at radius 2 is 1.93 bits per heavy atom. The number of ether oxygens (including phenoxy) is 2. The Morgan fingerprint density at radius 3 is 2.59 bits per heavy atom. The Hall–Kier alpha value is -2.87. The molecule has 0 fully saturated rings. The maximum Gasteiger partial charge on any atom is 0.348 e. The summed E-state index contributed by atoms with van der Waals surface area (Å²) in [4.78, 5) is 37.9. The van der Waals surface area contributed by atoms with Crippen molar-refractivity contribution < 1.29 is 23.9 Å². The average Bonchev–Trinajstić information content (AvgIpc) is 3.27. The van der Waals surface area contributed by atoms with Crippen LogP contribution in [0.15, 0.2) is 30.3 Å². The van der Waals surface area contributed by atoms with E-state index in [4.69, 9.17) is 15.2 Å². The number of benzene rings is 1. The second-order valence-electron chi connectivity index (χ2n) is 6.82. The number of esters is 1. The highest BCUT2D eigenvalue weighted by molar-refractivity contribution is 7.17.